The lowest BCUT2D eigenvalue weighted by Gasteiger charge is -2.22. The van der Waals surface area contributed by atoms with Gasteiger partial charge in [-0.25, -0.2) is 4.98 Å². The van der Waals surface area contributed by atoms with E-state index in [2.05, 4.69) is 57.9 Å². The number of anilines is 1. The monoisotopic (exact) mass is 447 g/mol. The molecule has 2 aromatic carbocycles. The highest BCUT2D eigenvalue weighted by Gasteiger charge is 2.19. The summed E-state index contributed by atoms with van der Waals surface area (Å²) >= 11 is 1.69. The van der Waals surface area contributed by atoms with Gasteiger partial charge in [0, 0.05) is 41.2 Å². The molecule has 0 unspecified atom stereocenters. The van der Waals surface area contributed by atoms with Gasteiger partial charge in [0.05, 0.1) is 25.4 Å². The first-order valence-corrected chi connectivity index (χ1v) is 12.1. The average molecular weight is 448 g/mol. The molecule has 0 amide bonds. The van der Waals surface area contributed by atoms with Gasteiger partial charge < -0.3 is 19.4 Å². The van der Waals surface area contributed by atoms with Crippen molar-refractivity contribution in [3.8, 4) is 22.8 Å². The van der Waals surface area contributed by atoms with Crippen LogP contribution in [-0.4, -0.2) is 29.8 Å². The third-order valence-corrected chi connectivity index (χ3v) is 7.07. The molecule has 0 bridgehead atoms. The van der Waals surface area contributed by atoms with Gasteiger partial charge in [-0.2, -0.15) is 0 Å². The molecule has 2 heterocycles. The molecule has 1 N–H and O–H groups in total. The summed E-state index contributed by atoms with van der Waals surface area (Å²) in [7, 11) is 3.36. The minimum absolute atomic E-state index is 0.548. The molecule has 2 aromatic heterocycles. The molecule has 0 atom stereocenters. The summed E-state index contributed by atoms with van der Waals surface area (Å²) in [5.41, 5.74) is 4.47. The molecule has 166 valence electrons. The smallest absolute Gasteiger partial charge is 0.183 e. The highest BCUT2D eigenvalue weighted by atomic mass is 32.1. The number of hydrogen-bond acceptors (Lipinski definition) is 5. The minimum Gasteiger partial charge on any atom is -0.493 e. The molecule has 5 nitrogen and oxygen atoms in total. The Bertz CT molecular complexity index is 1190. The molecule has 0 saturated heterocycles. The lowest BCUT2D eigenvalue weighted by Crippen LogP contribution is -2.21. The lowest BCUT2D eigenvalue weighted by molar-refractivity contribution is 0.355. The first-order valence-electron chi connectivity index (χ1n) is 11.3. The number of nitrogens with one attached hydrogen (secondary N) is 1. The predicted molar refractivity (Wildman–Crippen MR) is 132 cm³/mol. The van der Waals surface area contributed by atoms with E-state index in [1.165, 1.54) is 37.7 Å². The highest BCUT2D eigenvalue weighted by molar-refractivity contribution is 7.14. The van der Waals surface area contributed by atoms with Gasteiger partial charge in [0.2, 0.25) is 0 Å². The Labute approximate surface area is 193 Å². The number of rotatable bonds is 7. The van der Waals surface area contributed by atoms with Crippen LogP contribution < -0.4 is 14.8 Å². The molecule has 0 aliphatic heterocycles. The summed E-state index contributed by atoms with van der Waals surface area (Å²) < 4.78 is 13.5. The fourth-order valence-corrected chi connectivity index (χ4v) is 5.41. The van der Waals surface area contributed by atoms with Crippen molar-refractivity contribution in [3.63, 3.8) is 0 Å². The van der Waals surface area contributed by atoms with Gasteiger partial charge in [0.1, 0.15) is 0 Å². The highest BCUT2D eigenvalue weighted by Crippen LogP contribution is 2.39. The van der Waals surface area contributed by atoms with Gasteiger partial charge in [0.25, 0.3) is 0 Å². The zero-order valence-electron chi connectivity index (χ0n) is 18.6. The lowest BCUT2D eigenvalue weighted by atomic mass is 9.96. The summed E-state index contributed by atoms with van der Waals surface area (Å²) in [6.07, 6.45) is 8.66. The van der Waals surface area contributed by atoms with Gasteiger partial charge in [-0.1, -0.05) is 49.6 Å². The minimum atomic E-state index is 0.548. The summed E-state index contributed by atoms with van der Waals surface area (Å²) in [6, 6.07) is 15.2. The quantitative estimate of drug-likeness (QED) is 0.348. The normalized spacial score (nSPS) is 14.6. The van der Waals surface area contributed by atoms with Gasteiger partial charge in [-0.05, 0) is 24.5 Å². The molecule has 1 aliphatic carbocycles. The molecule has 0 spiro atoms. The van der Waals surface area contributed by atoms with Crippen molar-refractivity contribution < 1.29 is 9.47 Å². The first-order chi connectivity index (χ1) is 15.7. The SMILES string of the molecule is COc1cc2c(-c3csc(NC4CCCCC4)n3)cn(Cc3ccccc3)c2cc1OC. The third kappa shape index (κ3) is 4.19. The number of benzene rings is 2. The Morgan fingerprint density at radius 2 is 1.78 bits per heavy atom. The van der Waals surface area contributed by atoms with Gasteiger partial charge >= 0.3 is 0 Å². The van der Waals surface area contributed by atoms with E-state index >= 15 is 0 Å². The van der Waals surface area contributed by atoms with Crippen LogP contribution in [0.2, 0.25) is 0 Å². The molecule has 1 aliphatic rings. The number of nitrogens with zero attached hydrogens (tertiary/aromatic N) is 2. The van der Waals surface area contributed by atoms with E-state index in [0.29, 0.717) is 6.04 Å². The molecule has 5 rings (SSSR count). The second-order valence-corrected chi connectivity index (χ2v) is 9.26. The van der Waals surface area contributed by atoms with Crippen LogP contribution in [0.15, 0.2) is 54.0 Å². The topological polar surface area (TPSA) is 48.3 Å². The van der Waals surface area contributed by atoms with Crippen molar-refractivity contribution in [1.29, 1.82) is 0 Å². The maximum absolute atomic E-state index is 5.60. The van der Waals surface area contributed by atoms with Crippen LogP contribution in [0.1, 0.15) is 37.7 Å². The molecule has 4 aromatic rings. The Balaban J connectivity index is 1.54. The van der Waals surface area contributed by atoms with Crippen LogP contribution in [-0.2, 0) is 6.54 Å². The van der Waals surface area contributed by atoms with E-state index in [1.54, 1.807) is 25.6 Å². The molecular formula is C26H29N3O2S. The molecule has 32 heavy (non-hydrogen) atoms. The maximum Gasteiger partial charge on any atom is 0.183 e. The van der Waals surface area contributed by atoms with E-state index in [9.17, 15) is 0 Å². The second kappa shape index (κ2) is 9.25. The number of thiazole rings is 1. The van der Waals surface area contributed by atoms with Crippen molar-refractivity contribution in [2.75, 3.05) is 19.5 Å². The fourth-order valence-electron chi connectivity index (χ4n) is 4.62. The van der Waals surface area contributed by atoms with E-state index in [-0.39, 0.29) is 0 Å². The third-order valence-electron chi connectivity index (χ3n) is 6.30. The summed E-state index contributed by atoms with van der Waals surface area (Å²) in [5.74, 6) is 1.46. The largest absolute Gasteiger partial charge is 0.493 e. The Hall–Kier alpha value is -2.99. The van der Waals surface area contributed by atoms with Crippen molar-refractivity contribution in [3.05, 3.63) is 59.6 Å². The molecule has 1 fully saturated rings. The van der Waals surface area contributed by atoms with Crippen LogP contribution in [0.4, 0.5) is 5.13 Å². The average Bonchev–Trinajstić information content (AvgIpc) is 3.43. The molecular weight excluding hydrogens is 418 g/mol. The number of methoxy groups -OCH3 is 2. The number of fused-ring (bicyclic) bond motifs is 1. The van der Waals surface area contributed by atoms with Gasteiger partial charge in [0.15, 0.2) is 16.6 Å². The van der Waals surface area contributed by atoms with Crippen molar-refractivity contribution in [1.82, 2.24) is 9.55 Å². The number of aromatic nitrogens is 2. The molecule has 0 radical (unpaired) electrons. The summed E-state index contributed by atoms with van der Waals surface area (Å²) in [5, 5.41) is 7.95. The fraction of sp³-hybridized carbons (Fsp3) is 0.346. The zero-order valence-corrected chi connectivity index (χ0v) is 19.5. The predicted octanol–water partition coefficient (Wildman–Crippen LogP) is 6.57. The van der Waals surface area contributed by atoms with Crippen LogP contribution in [0.25, 0.3) is 22.2 Å². The van der Waals surface area contributed by atoms with Crippen molar-refractivity contribution >= 4 is 27.4 Å². The number of ether oxygens (including phenoxy) is 2. The van der Waals surface area contributed by atoms with E-state index in [0.717, 1.165) is 45.3 Å². The maximum atomic E-state index is 5.60. The molecule has 1 saturated carbocycles. The molecule has 6 heteroatoms. The summed E-state index contributed by atoms with van der Waals surface area (Å²) in [6.45, 7) is 0.782. The van der Waals surface area contributed by atoms with Crippen LogP contribution in [0.5, 0.6) is 11.5 Å². The van der Waals surface area contributed by atoms with E-state index < -0.39 is 0 Å². The Morgan fingerprint density at radius 3 is 2.53 bits per heavy atom. The number of hydrogen-bond donors (Lipinski definition) is 1. The van der Waals surface area contributed by atoms with E-state index in [1.807, 2.05) is 6.07 Å². The Morgan fingerprint density at radius 1 is 1.03 bits per heavy atom. The van der Waals surface area contributed by atoms with Gasteiger partial charge in [-0.15, -0.1) is 11.3 Å². The first kappa shape index (κ1) is 20.9. The second-order valence-electron chi connectivity index (χ2n) is 8.40. The van der Waals surface area contributed by atoms with Crippen molar-refractivity contribution in [2.24, 2.45) is 0 Å². The van der Waals surface area contributed by atoms with Crippen molar-refractivity contribution in [2.45, 2.75) is 44.7 Å². The van der Waals surface area contributed by atoms with Crippen LogP contribution >= 0.6 is 11.3 Å². The van der Waals surface area contributed by atoms with Crippen LogP contribution in [0, 0.1) is 0 Å². The van der Waals surface area contributed by atoms with Crippen LogP contribution in [0.3, 0.4) is 0 Å². The summed E-state index contributed by atoms with van der Waals surface area (Å²) in [4.78, 5) is 4.97. The Kier molecular flexibility index (Phi) is 6.04. The standard InChI is InChI=1S/C26H29N3O2S/c1-30-24-13-20-21(22-17-32-26(28-22)27-19-11-7-4-8-12-19)16-29(23(20)14-25(24)31-2)15-18-9-5-3-6-10-18/h3,5-6,9-10,13-14,16-17,19H,4,7-8,11-12,15H2,1-2H3,(H,27,28). The zero-order chi connectivity index (χ0) is 21.9. The van der Waals surface area contributed by atoms with Gasteiger partial charge in [-0.3, -0.25) is 0 Å². The van der Waals surface area contributed by atoms with E-state index in [4.69, 9.17) is 14.5 Å².